The van der Waals surface area contributed by atoms with Gasteiger partial charge < -0.3 is 24.9 Å². The van der Waals surface area contributed by atoms with Gasteiger partial charge in [-0.25, -0.2) is 0 Å². The van der Waals surface area contributed by atoms with Gasteiger partial charge in [-0.2, -0.15) is 0 Å². The Bertz CT molecular complexity index is 777. The molecule has 0 atom stereocenters. The first-order chi connectivity index (χ1) is 12.1. The normalized spacial score (nSPS) is 14.4. The van der Waals surface area contributed by atoms with Gasteiger partial charge in [-0.05, 0) is 29.8 Å². The zero-order valence-corrected chi connectivity index (χ0v) is 14.9. The second-order valence-electron chi connectivity index (χ2n) is 5.69. The quantitative estimate of drug-likeness (QED) is 0.864. The molecule has 1 fully saturated rings. The highest BCUT2D eigenvalue weighted by atomic mass is 35.5. The number of ether oxygens (including phenoxy) is 1. The van der Waals surface area contributed by atoms with Gasteiger partial charge in [0, 0.05) is 36.6 Å². The van der Waals surface area contributed by atoms with Gasteiger partial charge in [0.05, 0.1) is 29.2 Å². The fraction of sp³-hybridized carbons (Fsp3) is 0.278. The fourth-order valence-corrected chi connectivity index (χ4v) is 3.16. The van der Waals surface area contributed by atoms with E-state index in [9.17, 15) is 9.90 Å². The second-order valence-corrected chi connectivity index (χ2v) is 6.47. The summed E-state index contributed by atoms with van der Waals surface area (Å²) in [5.41, 5.74) is 2.31. The van der Waals surface area contributed by atoms with Crippen molar-refractivity contribution in [3.05, 3.63) is 57.6 Å². The lowest BCUT2D eigenvalue weighted by atomic mass is 10.1. The van der Waals surface area contributed by atoms with Gasteiger partial charge in [0.1, 0.15) is 0 Å². The molecular formula is C18H17Cl2N2O3-. The van der Waals surface area contributed by atoms with Crippen LogP contribution in [-0.2, 0) is 11.3 Å². The van der Waals surface area contributed by atoms with Crippen molar-refractivity contribution in [3.63, 3.8) is 0 Å². The molecular weight excluding hydrogens is 363 g/mol. The van der Waals surface area contributed by atoms with Crippen LogP contribution in [0.2, 0.25) is 10.0 Å². The minimum atomic E-state index is -1.20. The summed E-state index contributed by atoms with van der Waals surface area (Å²) >= 11 is 12.2. The number of anilines is 2. The van der Waals surface area contributed by atoms with Crippen molar-refractivity contribution >= 4 is 40.5 Å². The standard InChI is InChI=1S/C18H18Cl2N2O3/c19-15-3-1-2-12(17(15)20)11-21-13-4-5-16(14(10-13)18(23)24)22-6-8-25-9-7-22/h1-5,10,21H,6-9,11H2,(H,23,24)/p-1. The number of carboxylic acids is 1. The van der Waals surface area contributed by atoms with Crippen LogP contribution in [0.3, 0.4) is 0 Å². The van der Waals surface area contributed by atoms with Crippen molar-refractivity contribution in [3.8, 4) is 0 Å². The van der Waals surface area contributed by atoms with E-state index < -0.39 is 5.97 Å². The highest BCUT2D eigenvalue weighted by molar-refractivity contribution is 6.42. The summed E-state index contributed by atoms with van der Waals surface area (Å²) in [6.45, 7) is 2.92. The topological polar surface area (TPSA) is 64.6 Å². The molecule has 25 heavy (non-hydrogen) atoms. The number of hydrogen-bond acceptors (Lipinski definition) is 5. The SMILES string of the molecule is O=C([O-])c1cc(NCc2cccc(Cl)c2Cl)ccc1N1CCOCC1. The van der Waals surface area contributed by atoms with E-state index in [1.165, 1.54) is 0 Å². The number of aromatic carboxylic acids is 1. The number of morpholine rings is 1. The summed E-state index contributed by atoms with van der Waals surface area (Å²) in [6.07, 6.45) is 0. The van der Waals surface area contributed by atoms with Gasteiger partial charge in [0.25, 0.3) is 0 Å². The molecule has 0 radical (unpaired) electrons. The molecule has 0 saturated carbocycles. The van der Waals surface area contributed by atoms with E-state index >= 15 is 0 Å². The highest BCUT2D eigenvalue weighted by Gasteiger charge is 2.16. The predicted octanol–water partition coefficient (Wildman–Crippen LogP) is 2.81. The zero-order chi connectivity index (χ0) is 17.8. The number of rotatable bonds is 5. The summed E-state index contributed by atoms with van der Waals surface area (Å²) < 4.78 is 5.31. The molecule has 5 nitrogen and oxygen atoms in total. The van der Waals surface area contributed by atoms with Crippen molar-refractivity contribution in [2.75, 3.05) is 36.5 Å². The lowest BCUT2D eigenvalue weighted by molar-refractivity contribution is -0.254. The Balaban J connectivity index is 1.79. The van der Waals surface area contributed by atoms with Crippen LogP contribution in [0.5, 0.6) is 0 Å². The van der Waals surface area contributed by atoms with E-state index in [0.717, 1.165) is 5.56 Å². The maximum absolute atomic E-state index is 11.6. The molecule has 1 aliphatic heterocycles. The molecule has 2 aromatic carbocycles. The van der Waals surface area contributed by atoms with Crippen molar-refractivity contribution in [2.45, 2.75) is 6.54 Å². The van der Waals surface area contributed by atoms with Gasteiger partial charge in [0.15, 0.2) is 0 Å². The largest absolute Gasteiger partial charge is 0.545 e. The molecule has 2 aromatic rings. The third-order valence-electron chi connectivity index (χ3n) is 4.08. The second kappa shape index (κ2) is 7.95. The number of hydrogen-bond donors (Lipinski definition) is 1. The van der Waals surface area contributed by atoms with Crippen LogP contribution < -0.4 is 15.3 Å². The van der Waals surface area contributed by atoms with Crippen LogP contribution in [0.4, 0.5) is 11.4 Å². The highest BCUT2D eigenvalue weighted by Crippen LogP contribution is 2.28. The number of benzene rings is 2. The summed E-state index contributed by atoms with van der Waals surface area (Å²) in [4.78, 5) is 13.5. The molecule has 0 aromatic heterocycles. The van der Waals surface area contributed by atoms with Crippen molar-refractivity contribution < 1.29 is 14.6 Å². The van der Waals surface area contributed by atoms with E-state index in [2.05, 4.69) is 5.32 Å². The fourth-order valence-electron chi connectivity index (χ4n) is 2.77. The Labute approximate surface area is 156 Å². The molecule has 7 heteroatoms. The first-order valence-electron chi connectivity index (χ1n) is 7.91. The first kappa shape index (κ1) is 17.9. The van der Waals surface area contributed by atoms with Crippen LogP contribution in [0.15, 0.2) is 36.4 Å². The molecule has 0 unspecified atom stereocenters. The van der Waals surface area contributed by atoms with Gasteiger partial charge in [0.2, 0.25) is 0 Å². The number of halogens is 2. The molecule has 0 amide bonds. The van der Waals surface area contributed by atoms with E-state index in [0.29, 0.717) is 54.3 Å². The smallest absolute Gasteiger partial charge is 0.0736 e. The van der Waals surface area contributed by atoms with Gasteiger partial charge in [-0.3, -0.25) is 0 Å². The Hall–Kier alpha value is -1.95. The number of carbonyl (C=O) groups is 1. The van der Waals surface area contributed by atoms with E-state index in [1.807, 2.05) is 23.1 Å². The summed E-state index contributed by atoms with van der Waals surface area (Å²) in [7, 11) is 0. The summed E-state index contributed by atoms with van der Waals surface area (Å²) in [5.74, 6) is -1.20. The van der Waals surface area contributed by atoms with Crippen LogP contribution in [0, 0.1) is 0 Å². The van der Waals surface area contributed by atoms with Gasteiger partial charge in [-0.15, -0.1) is 0 Å². The third-order valence-corrected chi connectivity index (χ3v) is 4.94. The van der Waals surface area contributed by atoms with Crippen molar-refractivity contribution in [1.29, 1.82) is 0 Å². The summed E-state index contributed by atoms with van der Waals surface area (Å²) in [5, 5.41) is 15.7. The number of carboxylic acid groups (broad SMARTS) is 1. The van der Waals surface area contributed by atoms with Crippen LogP contribution >= 0.6 is 23.2 Å². The van der Waals surface area contributed by atoms with Crippen molar-refractivity contribution in [1.82, 2.24) is 0 Å². The van der Waals surface area contributed by atoms with Crippen molar-refractivity contribution in [2.24, 2.45) is 0 Å². The maximum Gasteiger partial charge on any atom is 0.0736 e. The average Bonchev–Trinajstić information content (AvgIpc) is 2.63. The first-order valence-corrected chi connectivity index (χ1v) is 8.66. The minimum Gasteiger partial charge on any atom is -0.545 e. The van der Waals surface area contributed by atoms with Crippen LogP contribution in [-0.4, -0.2) is 32.3 Å². The Morgan fingerprint density at radius 2 is 1.96 bits per heavy atom. The summed E-state index contributed by atoms with van der Waals surface area (Å²) in [6, 6.07) is 10.6. The Kier molecular flexibility index (Phi) is 5.68. The van der Waals surface area contributed by atoms with E-state index in [1.54, 1.807) is 18.2 Å². The molecule has 1 N–H and O–H groups in total. The van der Waals surface area contributed by atoms with Gasteiger partial charge >= 0.3 is 0 Å². The van der Waals surface area contributed by atoms with E-state index in [4.69, 9.17) is 27.9 Å². The molecule has 1 aliphatic rings. The monoisotopic (exact) mass is 379 g/mol. The van der Waals surface area contributed by atoms with E-state index in [-0.39, 0.29) is 5.56 Å². The number of nitrogens with one attached hydrogen (secondary N) is 1. The molecule has 132 valence electrons. The Morgan fingerprint density at radius 3 is 2.68 bits per heavy atom. The molecule has 1 saturated heterocycles. The molecule has 3 rings (SSSR count). The number of carbonyl (C=O) groups excluding carboxylic acids is 1. The lowest BCUT2D eigenvalue weighted by Gasteiger charge is -2.31. The molecule has 0 aliphatic carbocycles. The minimum absolute atomic E-state index is 0.157. The molecule has 1 heterocycles. The zero-order valence-electron chi connectivity index (χ0n) is 13.4. The van der Waals surface area contributed by atoms with Crippen LogP contribution in [0.25, 0.3) is 0 Å². The molecule has 0 spiro atoms. The average molecular weight is 380 g/mol. The predicted molar refractivity (Wildman–Crippen MR) is 97.6 cm³/mol. The number of nitrogens with zero attached hydrogens (tertiary/aromatic N) is 1. The van der Waals surface area contributed by atoms with Gasteiger partial charge in [-0.1, -0.05) is 35.3 Å². The third kappa shape index (κ3) is 4.18. The Morgan fingerprint density at radius 1 is 1.20 bits per heavy atom. The molecule has 0 bridgehead atoms. The lowest BCUT2D eigenvalue weighted by Crippen LogP contribution is -2.38. The maximum atomic E-state index is 11.6. The van der Waals surface area contributed by atoms with Crippen LogP contribution in [0.1, 0.15) is 15.9 Å².